The molecular formula is C13H25N3OS. The molecule has 4 nitrogen and oxygen atoms in total. The van der Waals surface area contributed by atoms with E-state index in [0.29, 0.717) is 6.61 Å². The number of hydrogen-bond donors (Lipinski definition) is 1. The minimum absolute atomic E-state index is 0.607. The van der Waals surface area contributed by atoms with Gasteiger partial charge in [-0.1, -0.05) is 20.8 Å². The fourth-order valence-corrected chi connectivity index (χ4v) is 2.85. The van der Waals surface area contributed by atoms with Crippen LogP contribution in [-0.2, 0) is 24.4 Å². The molecule has 1 N–H and O–H groups in total. The Balaban J connectivity index is 2.73. The van der Waals surface area contributed by atoms with Crippen molar-refractivity contribution in [2.24, 2.45) is 0 Å². The summed E-state index contributed by atoms with van der Waals surface area (Å²) >= 11 is 1.80. The zero-order valence-electron chi connectivity index (χ0n) is 12.0. The molecule has 0 unspecified atom stereocenters. The van der Waals surface area contributed by atoms with Crippen LogP contribution in [0.15, 0.2) is 0 Å². The Bertz CT molecular complexity index is 337. The van der Waals surface area contributed by atoms with Crippen LogP contribution in [0.1, 0.15) is 36.3 Å². The Hall–Kier alpha value is -0.490. The second-order valence-electron chi connectivity index (χ2n) is 4.15. The first-order valence-corrected chi connectivity index (χ1v) is 7.46. The van der Waals surface area contributed by atoms with Gasteiger partial charge in [0.05, 0.1) is 18.8 Å². The van der Waals surface area contributed by atoms with Gasteiger partial charge in [0.2, 0.25) is 0 Å². The van der Waals surface area contributed by atoms with E-state index in [1.54, 1.807) is 18.4 Å². The van der Waals surface area contributed by atoms with Gasteiger partial charge in [-0.05, 0) is 19.6 Å². The molecule has 1 aromatic heterocycles. The molecule has 0 amide bonds. The third-order valence-electron chi connectivity index (χ3n) is 2.89. The molecule has 0 atom stereocenters. The van der Waals surface area contributed by atoms with E-state index < -0.39 is 0 Å². The quantitative estimate of drug-likeness (QED) is 0.747. The van der Waals surface area contributed by atoms with E-state index in [9.17, 15) is 0 Å². The van der Waals surface area contributed by atoms with Crippen molar-refractivity contribution in [3.8, 4) is 0 Å². The number of nitrogens with one attached hydrogen (secondary N) is 1. The molecule has 1 aromatic rings. The Kier molecular flexibility index (Phi) is 7.42. The van der Waals surface area contributed by atoms with Crippen LogP contribution in [0, 0.1) is 0 Å². The second kappa shape index (κ2) is 8.58. The number of aromatic nitrogens is 1. The highest BCUT2D eigenvalue weighted by Gasteiger charge is 2.12. The second-order valence-corrected chi connectivity index (χ2v) is 5.32. The molecule has 0 aromatic carbocycles. The molecule has 1 heterocycles. The zero-order chi connectivity index (χ0) is 13.4. The van der Waals surface area contributed by atoms with Crippen LogP contribution in [0.2, 0.25) is 0 Å². The van der Waals surface area contributed by atoms with Crippen LogP contribution in [0.3, 0.4) is 0 Å². The lowest BCUT2D eigenvalue weighted by Gasteiger charge is -2.15. The van der Waals surface area contributed by atoms with Gasteiger partial charge in [0.25, 0.3) is 0 Å². The molecule has 0 saturated carbocycles. The van der Waals surface area contributed by atoms with Crippen LogP contribution in [0.25, 0.3) is 0 Å². The SMILES string of the molecule is CCNCc1sc(CN(CC)CC)nc1COC. The van der Waals surface area contributed by atoms with E-state index in [4.69, 9.17) is 9.72 Å². The Morgan fingerprint density at radius 3 is 2.56 bits per heavy atom. The minimum atomic E-state index is 0.607. The molecule has 0 fully saturated rings. The summed E-state index contributed by atoms with van der Waals surface area (Å²) in [5, 5.41) is 4.55. The van der Waals surface area contributed by atoms with Crippen molar-refractivity contribution in [1.29, 1.82) is 0 Å². The lowest BCUT2D eigenvalue weighted by molar-refractivity contribution is 0.181. The van der Waals surface area contributed by atoms with Crippen LogP contribution < -0.4 is 5.32 Å². The molecule has 0 saturated heterocycles. The average molecular weight is 271 g/mol. The molecule has 0 radical (unpaired) electrons. The first-order chi connectivity index (χ1) is 8.74. The number of nitrogens with zero attached hydrogens (tertiary/aromatic N) is 2. The van der Waals surface area contributed by atoms with E-state index in [1.807, 2.05) is 0 Å². The standard InChI is InChI=1S/C13H25N3OS/c1-5-14-8-12-11(10-17-4)15-13(18-12)9-16(6-2)7-3/h14H,5-10H2,1-4H3. The van der Waals surface area contributed by atoms with Crippen molar-refractivity contribution in [3.63, 3.8) is 0 Å². The third-order valence-corrected chi connectivity index (χ3v) is 3.97. The normalized spacial score (nSPS) is 11.4. The first-order valence-electron chi connectivity index (χ1n) is 6.64. The number of thiazole rings is 1. The maximum absolute atomic E-state index is 5.22. The van der Waals surface area contributed by atoms with Crippen molar-refractivity contribution < 1.29 is 4.74 Å². The van der Waals surface area contributed by atoms with E-state index in [2.05, 4.69) is 31.0 Å². The maximum Gasteiger partial charge on any atom is 0.107 e. The molecule has 18 heavy (non-hydrogen) atoms. The van der Waals surface area contributed by atoms with E-state index in [0.717, 1.165) is 38.4 Å². The summed E-state index contributed by atoms with van der Waals surface area (Å²) in [6.45, 7) is 12.1. The van der Waals surface area contributed by atoms with Crippen LogP contribution >= 0.6 is 11.3 Å². The molecular weight excluding hydrogens is 246 g/mol. The molecule has 0 aliphatic rings. The van der Waals surface area contributed by atoms with Gasteiger partial charge in [0, 0.05) is 18.5 Å². The minimum Gasteiger partial charge on any atom is -0.378 e. The van der Waals surface area contributed by atoms with Gasteiger partial charge in [-0.25, -0.2) is 4.98 Å². The van der Waals surface area contributed by atoms with Gasteiger partial charge < -0.3 is 10.1 Å². The molecule has 0 aliphatic carbocycles. The van der Waals surface area contributed by atoms with E-state index >= 15 is 0 Å². The summed E-state index contributed by atoms with van der Waals surface area (Å²) in [4.78, 5) is 8.39. The molecule has 0 aliphatic heterocycles. The molecule has 0 spiro atoms. The largest absolute Gasteiger partial charge is 0.378 e. The van der Waals surface area contributed by atoms with E-state index in [1.165, 1.54) is 9.88 Å². The predicted octanol–water partition coefficient (Wildman–Crippen LogP) is 2.24. The summed E-state index contributed by atoms with van der Waals surface area (Å²) in [7, 11) is 1.72. The van der Waals surface area contributed by atoms with Gasteiger partial charge in [0.15, 0.2) is 0 Å². The van der Waals surface area contributed by atoms with Gasteiger partial charge in [0.1, 0.15) is 5.01 Å². The topological polar surface area (TPSA) is 37.4 Å². The van der Waals surface area contributed by atoms with Crippen molar-refractivity contribution in [3.05, 3.63) is 15.6 Å². The van der Waals surface area contributed by atoms with Crippen LogP contribution in [0.5, 0.6) is 0 Å². The highest BCUT2D eigenvalue weighted by molar-refractivity contribution is 7.11. The Morgan fingerprint density at radius 1 is 1.28 bits per heavy atom. The van der Waals surface area contributed by atoms with Gasteiger partial charge in [-0.15, -0.1) is 11.3 Å². The predicted molar refractivity (Wildman–Crippen MR) is 76.8 cm³/mol. The van der Waals surface area contributed by atoms with Crippen molar-refractivity contribution in [2.45, 2.75) is 40.5 Å². The number of ether oxygens (including phenoxy) is 1. The average Bonchev–Trinajstić information content (AvgIpc) is 2.76. The first kappa shape index (κ1) is 15.6. The van der Waals surface area contributed by atoms with Crippen molar-refractivity contribution >= 4 is 11.3 Å². The molecule has 5 heteroatoms. The lowest BCUT2D eigenvalue weighted by Crippen LogP contribution is -2.21. The number of hydrogen-bond acceptors (Lipinski definition) is 5. The summed E-state index contributed by atoms with van der Waals surface area (Å²) in [6, 6.07) is 0. The van der Waals surface area contributed by atoms with Crippen molar-refractivity contribution in [2.75, 3.05) is 26.7 Å². The number of methoxy groups -OCH3 is 1. The van der Waals surface area contributed by atoms with Gasteiger partial charge in [-0.2, -0.15) is 0 Å². The zero-order valence-corrected chi connectivity index (χ0v) is 12.8. The maximum atomic E-state index is 5.22. The van der Waals surface area contributed by atoms with Gasteiger partial charge >= 0.3 is 0 Å². The molecule has 1 rings (SSSR count). The highest BCUT2D eigenvalue weighted by Crippen LogP contribution is 2.20. The Labute approximate surface area is 114 Å². The summed E-state index contributed by atoms with van der Waals surface area (Å²) < 4.78 is 5.22. The molecule has 104 valence electrons. The highest BCUT2D eigenvalue weighted by atomic mass is 32.1. The van der Waals surface area contributed by atoms with Crippen molar-refractivity contribution in [1.82, 2.24) is 15.2 Å². The van der Waals surface area contributed by atoms with E-state index in [-0.39, 0.29) is 0 Å². The van der Waals surface area contributed by atoms with Crippen LogP contribution in [-0.4, -0.2) is 36.6 Å². The van der Waals surface area contributed by atoms with Gasteiger partial charge in [-0.3, -0.25) is 4.90 Å². The number of rotatable bonds is 9. The third kappa shape index (κ3) is 4.65. The summed E-state index contributed by atoms with van der Waals surface area (Å²) in [6.07, 6.45) is 0. The lowest BCUT2D eigenvalue weighted by atomic mass is 10.3. The van der Waals surface area contributed by atoms with Crippen LogP contribution in [0.4, 0.5) is 0 Å². The monoisotopic (exact) mass is 271 g/mol. The fourth-order valence-electron chi connectivity index (χ4n) is 1.77. The molecule has 0 bridgehead atoms. The summed E-state index contributed by atoms with van der Waals surface area (Å²) in [5.41, 5.74) is 1.09. The smallest absolute Gasteiger partial charge is 0.107 e. The summed E-state index contributed by atoms with van der Waals surface area (Å²) in [5.74, 6) is 0. The Morgan fingerprint density at radius 2 is 2.00 bits per heavy atom. The fraction of sp³-hybridized carbons (Fsp3) is 0.769.